The Kier molecular flexibility index (Phi) is 13.7. The van der Waals surface area contributed by atoms with E-state index in [-0.39, 0.29) is 49.3 Å². The fraction of sp³-hybridized carbons (Fsp3) is 0.255. The number of thiophene rings is 1. The van der Waals surface area contributed by atoms with Gasteiger partial charge in [-0.25, -0.2) is 4.39 Å². The molecule has 15 heteroatoms. The maximum absolute atomic E-state index is 14.0. The van der Waals surface area contributed by atoms with E-state index in [1.165, 1.54) is 28.4 Å². The van der Waals surface area contributed by atoms with Gasteiger partial charge < -0.3 is 35.2 Å². The molecule has 3 heterocycles. The molecule has 3 amide bonds. The van der Waals surface area contributed by atoms with Crippen molar-refractivity contribution in [3.8, 4) is 44.7 Å². The number of aliphatic hydroxyl groups is 1. The van der Waals surface area contributed by atoms with Crippen LogP contribution in [0.3, 0.4) is 0 Å². The SMILES string of the molecule is CC(C)(C)[C@H](NC(=O)Cc1ccc(-c2ccn(CCOc3ccc(Oc4c(-c5ccc(F)cc5)sc5cc(O)ccc45)cc3)n2)cc1)C(=O)N1C[C@H](O)C[C@H]1C(=O)NCc1ccc(Cl)cc1. The maximum Gasteiger partial charge on any atom is 0.246 e. The van der Waals surface area contributed by atoms with Crippen LogP contribution in [0, 0.1) is 11.2 Å². The second-order valence-electron chi connectivity index (χ2n) is 17.3. The number of likely N-dealkylation sites (tertiary alicyclic amines) is 1. The molecule has 1 saturated heterocycles. The zero-order valence-corrected chi connectivity index (χ0v) is 38.1. The largest absolute Gasteiger partial charge is 0.508 e. The number of aliphatic hydroxyl groups excluding tert-OH is 1. The summed E-state index contributed by atoms with van der Waals surface area (Å²) in [6.45, 7) is 6.62. The van der Waals surface area contributed by atoms with E-state index in [0.717, 1.165) is 42.9 Å². The van der Waals surface area contributed by atoms with Gasteiger partial charge in [0.1, 0.15) is 41.8 Å². The van der Waals surface area contributed by atoms with Crippen LogP contribution < -0.4 is 20.1 Å². The highest BCUT2D eigenvalue weighted by atomic mass is 35.5. The van der Waals surface area contributed by atoms with Gasteiger partial charge in [-0.15, -0.1) is 11.3 Å². The number of amides is 3. The van der Waals surface area contributed by atoms with E-state index in [1.54, 1.807) is 53.2 Å². The topological polar surface area (TPSA) is 155 Å². The number of phenolic OH excluding ortho intramolecular Hbond substituents is 1. The average Bonchev–Trinajstić information content (AvgIpc) is 4.03. The number of ether oxygens (including phenoxy) is 2. The van der Waals surface area contributed by atoms with Crippen molar-refractivity contribution in [2.75, 3.05) is 13.2 Å². The van der Waals surface area contributed by atoms with E-state index in [4.69, 9.17) is 26.2 Å². The highest BCUT2D eigenvalue weighted by Gasteiger charge is 2.44. The number of carbonyl (C=O) groups is 3. The molecule has 2 aromatic heterocycles. The molecular weight excluding hydrogens is 881 g/mol. The summed E-state index contributed by atoms with van der Waals surface area (Å²) in [5.74, 6) is 0.531. The van der Waals surface area contributed by atoms with Crippen LogP contribution in [0.5, 0.6) is 23.0 Å². The van der Waals surface area contributed by atoms with Gasteiger partial charge in [-0.1, -0.05) is 80.9 Å². The summed E-state index contributed by atoms with van der Waals surface area (Å²) in [5.41, 5.74) is 3.32. The average molecular weight is 930 g/mol. The standard InChI is InChI=1S/C51H49ClFN5O7S/c1-51(2,3)48(50(63)58-30-38(60)27-43(58)49(62)54-29-32-6-12-35(52)13-7-32)55-45(61)26-31-4-8-33(9-5-31)42-22-23-57(56-42)24-25-64-39-17-19-40(20-18-39)65-46-41-21-16-37(59)28-44(41)66-47(46)34-10-14-36(53)15-11-34/h4-23,28,38,43,48,59-60H,24-27,29-30H2,1-3H3,(H,54,62)(H,55,61)/t38-,43+,48-/m1/s1. The first kappa shape index (κ1) is 45.8. The zero-order valence-electron chi connectivity index (χ0n) is 36.5. The quantitative estimate of drug-likeness (QED) is 0.0794. The first-order valence-corrected chi connectivity index (χ1v) is 22.7. The lowest BCUT2D eigenvalue weighted by molar-refractivity contribution is -0.144. The zero-order chi connectivity index (χ0) is 46.5. The molecule has 7 aromatic rings. The first-order chi connectivity index (χ1) is 31.7. The minimum absolute atomic E-state index is 0.0129. The smallest absolute Gasteiger partial charge is 0.246 e. The van der Waals surface area contributed by atoms with Crippen molar-refractivity contribution in [2.24, 2.45) is 5.41 Å². The third kappa shape index (κ3) is 11.0. The fourth-order valence-corrected chi connectivity index (χ4v) is 9.09. The molecule has 1 aliphatic rings. The number of halogens is 2. The van der Waals surface area contributed by atoms with Crippen molar-refractivity contribution < 1.29 is 38.5 Å². The molecule has 0 radical (unpaired) electrons. The van der Waals surface area contributed by atoms with Gasteiger partial charge in [-0.05, 0) is 94.9 Å². The van der Waals surface area contributed by atoms with E-state index in [1.807, 2.05) is 87.6 Å². The molecule has 0 unspecified atom stereocenters. The molecule has 0 spiro atoms. The normalized spacial score (nSPS) is 15.4. The number of β-amino-alcohol motifs (C(OH)–C–C–N with tert-alkyl or cyclic N) is 1. The van der Waals surface area contributed by atoms with Crippen molar-refractivity contribution >= 4 is 50.7 Å². The van der Waals surface area contributed by atoms with Crippen LogP contribution in [0.2, 0.25) is 5.02 Å². The van der Waals surface area contributed by atoms with Crippen LogP contribution in [0.4, 0.5) is 4.39 Å². The van der Waals surface area contributed by atoms with Crippen LogP contribution in [-0.4, -0.2) is 74.0 Å². The van der Waals surface area contributed by atoms with Crippen molar-refractivity contribution in [2.45, 2.75) is 64.9 Å². The molecule has 66 heavy (non-hydrogen) atoms. The van der Waals surface area contributed by atoms with Crippen LogP contribution in [-0.2, 0) is 33.9 Å². The van der Waals surface area contributed by atoms with Gasteiger partial charge in [-0.2, -0.15) is 5.10 Å². The summed E-state index contributed by atoms with van der Waals surface area (Å²) < 4.78 is 28.7. The monoisotopic (exact) mass is 929 g/mol. The van der Waals surface area contributed by atoms with Gasteiger partial charge in [0.2, 0.25) is 17.7 Å². The second-order valence-corrected chi connectivity index (χ2v) is 18.8. The summed E-state index contributed by atoms with van der Waals surface area (Å²) in [6.07, 6.45) is 1.13. The number of benzene rings is 5. The number of aromatic hydroxyl groups is 1. The van der Waals surface area contributed by atoms with E-state index in [2.05, 4.69) is 10.6 Å². The Hall–Kier alpha value is -6.74. The van der Waals surface area contributed by atoms with E-state index >= 15 is 0 Å². The fourth-order valence-electron chi connectivity index (χ4n) is 7.79. The lowest BCUT2D eigenvalue weighted by atomic mass is 9.85. The summed E-state index contributed by atoms with van der Waals surface area (Å²) in [4.78, 5) is 42.9. The molecule has 340 valence electrons. The molecule has 4 N–H and O–H groups in total. The minimum Gasteiger partial charge on any atom is -0.508 e. The van der Waals surface area contributed by atoms with Crippen molar-refractivity contribution in [3.63, 3.8) is 0 Å². The van der Waals surface area contributed by atoms with Crippen molar-refractivity contribution in [3.05, 3.63) is 149 Å². The highest BCUT2D eigenvalue weighted by molar-refractivity contribution is 7.22. The Morgan fingerprint density at radius 2 is 1.58 bits per heavy atom. The number of fused-ring (bicyclic) bond motifs is 1. The number of hydrogen-bond donors (Lipinski definition) is 4. The number of nitrogens with zero attached hydrogens (tertiary/aromatic N) is 3. The Bertz CT molecular complexity index is 2830. The Morgan fingerprint density at radius 1 is 0.894 bits per heavy atom. The molecule has 0 bridgehead atoms. The van der Waals surface area contributed by atoms with Crippen molar-refractivity contribution in [1.82, 2.24) is 25.3 Å². The van der Waals surface area contributed by atoms with Crippen LogP contribution >= 0.6 is 22.9 Å². The van der Waals surface area contributed by atoms with Crippen LogP contribution in [0.1, 0.15) is 38.3 Å². The molecule has 12 nitrogen and oxygen atoms in total. The van der Waals surface area contributed by atoms with E-state index in [9.17, 15) is 29.0 Å². The van der Waals surface area contributed by atoms with Crippen molar-refractivity contribution in [1.29, 1.82) is 0 Å². The van der Waals surface area contributed by atoms with Gasteiger partial charge in [-0.3, -0.25) is 19.1 Å². The van der Waals surface area contributed by atoms with Gasteiger partial charge >= 0.3 is 0 Å². The molecule has 3 atom stereocenters. The number of nitrogens with one attached hydrogen (secondary N) is 2. The summed E-state index contributed by atoms with van der Waals surface area (Å²) in [6, 6.07) is 33.3. The molecular formula is C51H49ClFN5O7S. The summed E-state index contributed by atoms with van der Waals surface area (Å²) in [5, 5.41) is 32.5. The lowest BCUT2D eigenvalue weighted by Gasteiger charge is -2.35. The minimum atomic E-state index is -0.943. The summed E-state index contributed by atoms with van der Waals surface area (Å²) in [7, 11) is 0. The number of aromatic nitrogens is 2. The molecule has 5 aromatic carbocycles. The maximum atomic E-state index is 14.0. The van der Waals surface area contributed by atoms with Gasteiger partial charge in [0.05, 0.1) is 29.6 Å². The summed E-state index contributed by atoms with van der Waals surface area (Å²) >= 11 is 7.44. The molecule has 0 saturated carbocycles. The molecule has 1 aliphatic heterocycles. The van der Waals surface area contributed by atoms with Crippen LogP contribution in [0.15, 0.2) is 128 Å². The lowest BCUT2D eigenvalue weighted by Crippen LogP contribution is -2.58. The predicted molar refractivity (Wildman–Crippen MR) is 253 cm³/mol. The van der Waals surface area contributed by atoms with Gasteiger partial charge in [0.25, 0.3) is 0 Å². The highest BCUT2D eigenvalue weighted by Crippen LogP contribution is 2.47. The van der Waals surface area contributed by atoms with E-state index in [0.29, 0.717) is 35.4 Å². The molecule has 8 rings (SSSR count). The third-order valence-corrected chi connectivity index (χ3v) is 12.7. The third-order valence-electron chi connectivity index (χ3n) is 11.3. The molecule has 0 aliphatic carbocycles. The Balaban J connectivity index is 0.828. The number of phenols is 1. The Labute approximate surface area is 390 Å². The predicted octanol–water partition coefficient (Wildman–Crippen LogP) is 9.15. The number of rotatable bonds is 15. The van der Waals surface area contributed by atoms with E-state index < -0.39 is 29.5 Å². The first-order valence-electron chi connectivity index (χ1n) is 21.5. The number of carbonyl (C=O) groups excluding carboxylic acids is 3. The van der Waals surface area contributed by atoms with Gasteiger partial charge in [0.15, 0.2) is 5.75 Å². The molecule has 1 fully saturated rings. The van der Waals surface area contributed by atoms with Crippen LogP contribution in [0.25, 0.3) is 31.8 Å². The Morgan fingerprint density at radius 3 is 2.29 bits per heavy atom. The second kappa shape index (κ2) is 19.8. The number of hydrogen-bond acceptors (Lipinski definition) is 9. The van der Waals surface area contributed by atoms with Gasteiger partial charge in [0, 0.05) is 46.4 Å².